The molecule has 1 fully saturated rings. The van der Waals surface area contributed by atoms with Crippen molar-refractivity contribution < 1.29 is 4.74 Å². The minimum atomic E-state index is 0.196. The lowest BCUT2D eigenvalue weighted by molar-refractivity contribution is 0.349. The van der Waals surface area contributed by atoms with Gasteiger partial charge < -0.3 is 4.74 Å². The Hall–Kier alpha value is -1.96. The van der Waals surface area contributed by atoms with Crippen molar-refractivity contribution in [1.82, 2.24) is 5.32 Å². The Morgan fingerprint density at radius 2 is 1.40 bits per heavy atom. The second-order valence-electron chi connectivity index (χ2n) is 7.87. The van der Waals surface area contributed by atoms with Crippen LogP contribution in [-0.2, 0) is 5.41 Å². The van der Waals surface area contributed by atoms with Gasteiger partial charge in [0.15, 0.2) is 11.5 Å². The molecule has 0 bridgehead atoms. The van der Waals surface area contributed by atoms with Gasteiger partial charge >= 0.3 is 0 Å². The zero-order valence-electron chi connectivity index (χ0n) is 15.3. The molecule has 0 amide bonds. The van der Waals surface area contributed by atoms with E-state index in [1.54, 1.807) is 0 Å². The third-order valence-electron chi connectivity index (χ3n) is 5.92. The normalized spacial score (nSPS) is 19.7. The zero-order valence-corrected chi connectivity index (χ0v) is 15.3. The minimum absolute atomic E-state index is 0.196. The van der Waals surface area contributed by atoms with Crippen LogP contribution in [0.2, 0.25) is 0 Å². The van der Waals surface area contributed by atoms with E-state index in [0.29, 0.717) is 0 Å². The SMILES string of the molecule is CC1(c2cccc3c2[N]c2ccccc2O3)CCCCCCCCC1. The van der Waals surface area contributed by atoms with Crippen LogP contribution in [0.1, 0.15) is 70.3 Å². The van der Waals surface area contributed by atoms with Crippen LogP contribution < -0.4 is 10.1 Å². The minimum Gasteiger partial charge on any atom is -0.453 e. The van der Waals surface area contributed by atoms with E-state index in [4.69, 9.17) is 10.1 Å². The average molecular weight is 334 g/mol. The maximum Gasteiger partial charge on any atom is 0.153 e. The van der Waals surface area contributed by atoms with E-state index >= 15 is 0 Å². The average Bonchev–Trinajstić information content (AvgIpc) is 2.65. The summed E-state index contributed by atoms with van der Waals surface area (Å²) in [5.41, 5.74) is 3.58. The molecule has 2 heteroatoms. The Bertz CT molecular complexity index is 727. The number of hydrogen-bond acceptors (Lipinski definition) is 1. The van der Waals surface area contributed by atoms with Crippen LogP contribution in [0.5, 0.6) is 11.5 Å². The predicted octanol–water partition coefficient (Wildman–Crippen LogP) is 7.14. The second-order valence-corrected chi connectivity index (χ2v) is 7.87. The Morgan fingerprint density at radius 3 is 2.16 bits per heavy atom. The van der Waals surface area contributed by atoms with E-state index in [2.05, 4.69) is 25.1 Å². The summed E-state index contributed by atoms with van der Waals surface area (Å²) in [7, 11) is 0. The molecule has 25 heavy (non-hydrogen) atoms. The van der Waals surface area contributed by atoms with E-state index in [0.717, 1.165) is 22.9 Å². The molecule has 2 nitrogen and oxygen atoms in total. The van der Waals surface area contributed by atoms with Crippen molar-refractivity contribution in [3.8, 4) is 11.5 Å². The Morgan fingerprint density at radius 1 is 0.760 bits per heavy atom. The van der Waals surface area contributed by atoms with Gasteiger partial charge in [-0.05, 0) is 42.0 Å². The van der Waals surface area contributed by atoms with Gasteiger partial charge in [0.25, 0.3) is 0 Å². The number of ether oxygens (including phenoxy) is 1. The lowest BCUT2D eigenvalue weighted by Crippen LogP contribution is -2.24. The van der Waals surface area contributed by atoms with Crippen LogP contribution in [0.3, 0.4) is 0 Å². The van der Waals surface area contributed by atoms with Gasteiger partial charge in [-0.25, -0.2) is 5.32 Å². The molecule has 0 aromatic heterocycles. The summed E-state index contributed by atoms with van der Waals surface area (Å²) >= 11 is 0. The van der Waals surface area contributed by atoms with Crippen LogP contribution >= 0.6 is 0 Å². The van der Waals surface area contributed by atoms with Gasteiger partial charge in [-0.3, -0.25) is 0 Å². The molecule has 0 atom stereocenters. The quantitative estimate of drug-likeness (QED) is 0.464. The second kappa shape index (κ2) is 7.11. The molecule has 0 spiro atoms. The summed E-state index contributed by atoms with van der Waals surface area (Å²) in [5.74, 6) is 1.78. The van der Waals surface area contributed by atoms with Gasteiger partial charge in [-0.15, -0.1) is 0 Å². The van der Waals surface area contributed by atoms with Crippen molar-refractivity contribution in [2.45, 2.75) is 70.1 Å². The Kier molecular flexibility index (Phi) is 4.70. The number of rotatable bonds is 1. The maximum atomic E-state index is 6.16. The summed E-state index contributed by atoms with van der Waals surface area (Å²) in [6.45, 7) is 2.44. The third kappa shape index (κ3) is 3.40. The molecule has 1 radical (unpaired) electrons. The number of benzene rings is 2. The molecule has 2 aromatic carbocycles. The Balaban J connectivity index is 1.68. The van der Waals surface area contributed by atoms with E-state index < -0.39 is 0 Å². The molecule has 4 rings (SSSR count). The molecule has 131 valence electrons. The van der Waals surface area contributed by atoms with Gasteiger partial charge in [0, 0.05) is 0 Å². The summed E-state index contributed by atoms with van der Waals surface area (Å²) in [6.07, 6.45) is 12.1. The van der Waals surface area contributed by atoms with Crippen LogP contribution in [0.25, 0.3) is 0 Å². The fourth-order valence-corrected chi connectivity index (χ4v) is 4.39. The maximum absolute atomic E-state index is 6.16. The number of fused-ring (bicyclic) bond motifs is 2. The molecule has 0 saturated heterocycles. The largest absolute Gasteiger partial charge is 0.453 e. The number of hydrogen-bond donors (Lipinski definition) is 0. The van der Waals surface area contributed by atoms with Crippen molar-refractivity contribution in [1.29, 1.82) is 0 Å². The standard InChI is InChI=1S/C23H28NO/c1-23(16-9-5-3-2-4-6-10-17-23)18-12-11-15-21-22(18)24-19-13-7-8-14-20(19)25-21/h7-8,11-15H,2-6,9-10,16-17H2,1H3. The predicted molar refractivity (Wildman–Crippen MR) is 103 cm³/mol. The monoisotopic (exact) mass is 334 g/mol. The van der Waals surface area contributed by atoms with Crippen LogP contribution in [-0.4, -0.2) is 0 Å². The first kappa shape index (κ1) is 16.5. The molecule has 1 aliphatic carbocycles. The zero-order chi connectivity index (χ0) is 17.1. The van der Waals surface area contributed by atoms with Gasteiger partial charge in [-0.1, -0.05) is 76.1 Å². The topological polar surface area (TPSA) is 23.3 Å². The molecule has 2 aliphatic rings. The first-order valence-corrected chi connectivity index (χ1v) is 9.88. The molecule has 1 aliphatic heterocycles. The van der Waals surface area contributed by atoms with Crippen LogP contribution in [0, 0.1) is 0 Å². The van der Waals surface area contributed by atoms with Gasteiger partial charge in [-0.2, -0.15) is 0 Å². The van der Waals surface area contributed by atoms with Crippen LogP contribution in [0.15, 0.2) is 42.5 Å². The molecule has 0 N–H and O–H groups in total. The van der Waals surface area contributed by atoms with Crippen molar-refractivity contribution in [2.75, 3.05) is 0 Å². The molecular formula is C23H28NO. The molecule has 1 saturated carbocycles. The molecule has 0 unspecified atom stereocenters. The van der Waals surface area contributed by atoms with E-state index in [-0.39, 0.29) is 5.41 Å². The highest BCUT2D eigenvalue weighted by molar-refractivity contribution is 5.71. The summed E-state index contributed by atoms with van der Waals surface area (Å²) in [5, 5.41) is 5.00. The molecule has 2 aromatic rings. The first-order valence-electron chi connectivity index (χ1n) is 9.88. The van der Waals surface area contributed by atoms with Gasteiger partial charge in [0.1, 0.15) is 11.4 Å². The van der Waals surface area contributed by atoms with Crippen molar-refractivity contribution in [3.05, 3.63) is 48.0 Å². The third-order valence-corrected chi connectivity index (χ3v) is 5.92. The lowest BCUT2D eigenvalue weighted by atomic mass is 9.72. The van der Waals surface area contributed by atoms with Crippen molar-refractivity contribution in [3.63, 3.8) is 0 Å². The number of nitrogens with zero attached hydrogens (tertiary/aromatic N) is 1. The summed E-state index contributed by atoms with van der Waals surface area (Å²) < 4.78 is 6.16. The summed E-state index contributed by atoms with van der Waals surface area (Å²) in [4.78, 5) is 0. The van der Waals surface area contributed by atoms with E-state index in [1.807, 2.05) is 24.3 Å². The molecule has 1 heterocycles. The number of para-hydroxylation sites is 3. The van der Waals surface area contributed by atoms with Crippen LogP contribution in [0.4, 0.5) is 11.4 Å². The first-order chi connectivity index (χ1) is 12.3. The highest BCUT2D eigenvalue weighted by Gasteiger charge is 2.32. The van der Waals surface area contributed by atoms with E-state index in [9.17, 15) is 0 Å². The van der Waals surface area contributed by atoms with Crippen molar-refractivity contribution in [2.24, 2.45) is 0 Å². The van der Waals surface area contributed by atoms with E-state index in [1.165, 1.54) is 63.4 Å². The van der Waals surface area contributed by atoms with Crippen molar-refractivity contribution >= 4 is 11.4 Å². The smallest absolute Gasteiger partial charge is 0.153 e. The summed E-state index contributed by atoms with van der Waals surface area (Å²) in [6, 6.07) is 14.6. The highest BCUT2D eigenvalue weighted by atomic mass is 16.5. The fraction of sp³-hybridized carbons (Fsp3) is 0.478. The van der Waals surface area contributed by atoms with Gasteiger partial charge in [0.05, 0.1) is 0 Å². The lowest BCUT2D eigenvalue weighted by Gasteiger charge is -2.34. The molecular weight excluding hydrogens is 306 g/mol. The fourth-order valence-electron chi connectivity index (χ4n) is 4.39. The highest BCUT2D eigenvalue weighted by Crippen LogP contribution is 2.49. The van der Waals surface area contributed by atoms with Gasteiger partial charge in [0.2, 0.25) is 0 Å². The Labute approximate surface area is 151 Å².